The van der Waals surface area contributed by atoms with E-state index in [1.165, 1.54) is 27.8 Å². The average molecular weight is 331 g/mol. The SMILES string of the molecule is Cc1ccc(C(C)NC(=O)c2ccc3c(c2)CNC3)c(C)c1.Cl. The lowest BCUT2D eigenvalue weighted by atomic mass is 9.99. The Balaban J connectivity index is 0.00000192. The molecule has 2 aromatic carbocycles. The highest BCUT2D eigenvalue weighted by atomic mass is 35.5. The summed E-state index contributed by atoms with van der Waals surface area (Å²) in [5.41, 5.74) is 6.88. The van der Waals surface area contributed by atoms with E-state index in [1.54, 1.807) is 0 Å². The summed E-state index contributed by atoms with van der Waals surface area (Å²) in [7, 11) is 0. The van der Waals surface area contributed by atoms with E-state index < -0.39 is 0 Å². The summed E-state index contributed by atoms with van der Waals surface area (Å²) in [5.74, 6) is -0.0119. The molecular weight excluding hydrogens is 308 g/mol. The Bertz CT molecular complexity index is 727. The Morgan fingerprint density at radius 3 is 2.57 bits per heavy atom. The van der Waals surface area contributed by atoms with Crippen LogP contribution in [-0.2, 0) is 13.1 Å². The zero-order valence-electron chi connectivity index (χ0n) is 13.8. The molecule has 2 N–H and O–H groups in total. The third-order valence-electron chi connectivity index (χ3n) is 4.34. The molecule has 1 heterocycles. The zero-order chi connectivity index (χ0) is 15.7. The smallest absolute Gasteiger partial charge is 0.251 e. The van der Waals surface area contributed by atoms with E-state index in [4.69, 9.17) is 0 Å². The van der Waals surface area contributed by atoms with E-state index in [2.05, 4.69) is 42.7 Å². The second kappa shape index (κ2) is 7.16. The van der Waals surface area contributed by atoms with Crippen LogP contribution in [0.2, 0.25) is 0 Å². The number of amides is 1. The van der Waals surface area contributed by atoms with Crippen LogP contribution in [0.5, 0.6) is 0 Å². The monoisotopic (exact) mass is 330 g/mol. The second-order valence-electron chi connectivity index (χ2n) is 6.14. The van der Waals surface area contributed by atoms with Gasteiger partial charge in [-0.3, -0.25) is 4.79 Å². The van der Waals surface area contributed by atoms with E-state index in [9.17, 15) is 4.79 Å². The van der Waals surface area contributed by atoms with Gasteiger partial charge in [0, 0.05) is 18.7 Å². The van der Waals surface area contributed by atoms with Crippen molar-refractivity contribution >= 4 is 18.3 Å². The zero-order valence-corrected chi connectivity index (χ0v) is 14.6. The van der Waals surface area contributed by atoms with E-state index >= 15 is 0 Å². The van der Waals surface area contributed by atoms with Crippen LogP contribution in [0, 0.1) is 13.8 Å². The predicted octanol–water partition coefficient (Wildman–Crippen LogP) is 3.82. The van der Waals surface area contributed by atoms with E-state index in [-0.39, 0.29) is 24.4 Å². The maximum atomic E-state index is 12.5. The first-order valence-corrected chi connectivity index (χ1v) is 7.75. The van der Waals surface area contributed by atoms with Crippen molar-refractivity contribution in [2.45, 2.75) is 39.9 Å². The molecule has 0 radical (unpaired) electrons. The molecule has 0 fully saturated rings. The number of carbonyl (C=O) groups is 1. The van der Waals surface area contributed by atoms with Crippen LogP contribution in [-0.4, -0.2) is 5.91 Å². The number of halogens is 1. The van der Waals surface area contributed by atoms with Crippen molar-refractivity contribution in [2.24, 2.45) is 0 Å². The van der Waals surface area contributed by atoms with Crippen molar-refractivity contribution in [3.05, 3.63) is 69.8 Å². The van der Waals surface area contributed by atoms with E-state index in [0.717, 1.165) is 18.7 Å². The fraction of sp³-hybridized carbons (Fsp3) is 0.316. The Labute approximate surface area is 143 Å². The molecule has 1 unspecified atom stereocenters. The van der Waals surface area contributed by atoms with Gasteiger partial charge in [0.2, 0.25) is 0 Å². The molecule has 3 nitrogen and oxygen atoms in total. The Kier molecular flexibility index (Phi) is 5.45. The number of rotatable bonds is 3. The standard InChI is InChI=1S/C19H22N2O.ClH/c1-12-4-7-18(13(2)8-12)14(3)21-19(22)15-5-6-16-10-20-11-17(16)9-15;/h4-9,14,20H,10-11H2,1-3H3,(H,21,22);1H. The van der Waals surface area contributed by atoms with Gasteiger partial charge in [0.15, 0.2) is 0 Å². The van der Waals surface area contributed by atoms with Gasteiger partial charge in [-0.25, -0.2) is 0 Å². The van der Waals surface area contributed by atoms with Gasteiger partial charge >= 0.3 is 0 Å². The molecule has 0 saturated heterocycles. The summed E-state index contributed by atoms with van der Waals surface area (Å²) in [6.45, 7) is 7.95. The number of hydrogen-bond acceptors (Lipinski definition) is 2. The van der Waals surface area contributed by atoms with Gasteiger partial charge in [0.25, 0.3) is 5.91 Å². The van der Waals surface area contributed by atoms with Crippen LogP contribution < -0.4 is 10.6 Å². The summed E-state index contributed by atoms with van der Waals surface area (Å²) in [5, 5.41) is 6.41. The second-order valence-corrected chi connectivity index (χ2v) is 6.14. The summed E-state index contributed by atoms with van der Waals surface area (Å²) in [6, 6.07) is 12.3. The largest absolute Gasteiger partial charge is 0.346 e. The Morgan fingerprint density at radius 1 is 1.09 bits per heavy atom. The van der Waals surface area contributed by atoms with Gasteiger partial charge in [0.05, 0.1) is 6.04 Å². The van der Waals surface area contributed by atoms with Crippen molar-refractivity contribution in [3.63, 3.8) is 0 Å². The maximum absolute atomic E-state index is 12.5. The van der Waals surface area contributed by atoms with Crippen molar-refractivity contribution in [1.29, 1.82) is 0 Å². The van der Waals surface area contributed by atoms with Crippen LogP contribution in [0.15, 0.2) is 36.4 Å². The number of aryl methyl sites for hydroxylation is 2. The van der Waals surface area contributed by atoms with Gasteiger partial charge in [0.1, 0.15) is 0 Å². The third kappa shape index (κ3) is 3.74. The molecule has 23 heavy (non-hydrogen) atoms. The van der Waals surface area contributed by atoms with Crippen molar-refractivity contribution in [3.8, 4) is 0 Å². The summed E-state index contributed by atoms with van der Waals surface area (Å²) in [4.78, 5) is 12.5. The molecule has 1 aliphatic heterocycles. The fourth-order valence-electron chi connectivity index (χ4n) is 3.11. The van der Waals surface area contributed by atoms with Crippen LogP contribution in [0.25, 0.3) is 0 Å². The lowest BCUT2D eigenvalue weighted by Gasteiger charge is -2.17. The molecule has 4 heteroatoms. The molecule has 1 aliphatic rings. The Hall–Kier alpha value is -1.84. The Morgan fingerprint density at radius 2 is 1.83 bits per heavy atom. The summed E-state index contributed by atoms with van der Waals surface area (Å²) in [6.07, 6.45) is 0. The molecular formula is C19H23ClN2O. The maximum Gasteiger partial charge on any atom is 0.251 e. The molecule has 3 rings (SSSR count). The first-order chi connectivity index (χ1) is 10.5. The van der Waals surface area contributed by atoms with Gasteiger partial charge in [-0.15, -0.1) is 12.4 Å². The van der Waals surface area contributed by atoms with Gasteiger partial charge in [-0.05, 0) is 55.2 Å². The first-order valence-electron chi connectivity index (χ1n) is 7.75. The first kappa shape index (κ1) is 17.5. The molecule has 1 atom stereocenters. The summed E-state index contributed by atoms with van der Waals surface area (Å²) < 4.78 is 0. The number of carbonyl (C=O) groups excluding carboxylic acids is 1. The van der Waals surface area contributed by atoms with Gasteiger partial charge < -0.3 is 10.6 Å². The average Bonchev–Trinajstić information content (AvgIpc) is 2.94. The molecule has 1 amide bonds. The topological polar surface area (TPSA) is 41.1 Å². The van der Waals surface area contributed by atoms with Crippen LogP contribution in [0.1, 0.15) is 51.1 Å². The van der Waals surface area contributed by atoms with Gasteiger partial charge in [-0.1, -0.05) is 29.8 Å². The number of fused-ring (bicyclic) bond motifs is 1. The van der Waals surface area contributed by atoms with Crippen LogP contribution in [0.4, 0.5) is 0 Å². The summed E-state index contributed by atoms with van der Waals surface area (Å²) >= 11 is 0. The number of benzene rings is 2. The lowest BCUT2D eigenvalue weighted by Crippen LogP contribution is -2.27. The van der Waals surface area contributed by atoms with E-state index in [0.29, 0.717) is 0 Å². The van der Waals surface area contributed by atoms with Crippen molar-refractivity contribution in [1.82, 2.24) is 10.6 Å². The molecule has 0 aliphatic carbocycles. The van der Waals surface area contributed by atoms with Crippen molar-refractivity contribution < 1.29 is 4.79 Å². The van der Waals surface area contributed by atoms with Crippen LogP contribution >= 0.6 is 12.4 Å². The molecule has 0 bridgehead atoms. The molecule has 0 saturated carbocycles. The van der Waals surface area contributed by atoms with E-state index in [1.807, 2.05) is 25.1 Å². The highest BCUT2D eigenvalue weighted by Crippen LogP contribution is 2.20. The third-order valence-corrected chi connectivity index (χ3v) is 4.34. The normalized spacial score (nSPS) is 13.9. The molecule has 2 aromatic rings. The van der Waals surface area contributed by atoms with Gasteiger partial charge in [-0.2, -0.15) is 0 Å². The molecule has 122 valence electrons. The number of hydrogen-bond donors (Lipinski definition) is 2. The quantitative estimate of drug-likeness (QED) is 0.898. The molecule has 0 aromatic heterocycles. The fourth-order valence-corrected chi connectivity index (χ4v) is 3.11. The highest BCUT2D eigenvalue weighted by Gasteiger charge is 2.16. The minimum Gasteiger partial charge on any atom is -0.346 e. The van der Waals surface area contributed by atoms with Crippen LogP contribution in [0.3, 0.4) is 0 Å². The lowest BCUT2D eigenvalue weighted by molar-refractivity contribution is 0.0939. The highest BCUT2D eigenvalue weighted by molar-refractivity contribution is 5.94. The predicted molar refractivity (Wildman–Crippen MR) is 96.0 cm³/mol. The minimum absolute atomic E-state index is 0. The minimum atomic E-state index is -0.0119. The molecule has 0 spiro atoms. The van der Waals surface area contributed by atoms with Crippen molar-refractivity contribution in [2.75, 3.05) is 0 Å². The number of nitrogens with one attached hydrogen (secondary N) is 2.